The van der Waals surface area contributed by atoms with Crippen molar-refractivity contribution in [3.05, 3.63) is 58.2 Å². The fraction of sp³-hybridized carbons (Fsp3) is 0.429. The molecule has 0 radical (unpaired) electrons. The number of hydrogen-bond donors (Lipinski definition) is 1. The lowest BCUT2D eigenvalue weighted by atomic mass is 9.93. The molecule has 194 valence electrons. The summed E-state index contributed by atoms with van der Waals surface area (Å²) >= 11 is 0. The summed E-state index contributed by atoms with van der Waals surface area (Å²) in [5, 5.41) is 11.4. The summed E-state index contributed by atoms with van der Waals surface area (Å²) in [5.74, 6) is -0.381. The van der Waals surface area contributed by atoms with Crippen LogP contribution in [0, 0.1) is 13.8 Å². The first-order chi connectivity index (χ1) is 17.2. The minimum absolute atomic E-state index is 0.0390. The van der Waals surface area contributed by atoms with E-state index in [0.717, 1.165) is 24.2 Å². The largest absolute Gasteiger partial charge is 0.507 e. The number of benzene rings is 2. The molecule has 2 aromatic rings. The van der Waals surface area contributed by atoms with Gasteiger partial charge in [-0.15, -0.1) is 0 Å². The molecule has 1 unspecified atom stereocenters. The van der Waals surface area contributed by atoms with Gasteiger partial charge in [-0.2, -0.15) is 0 Å². The Morgan fingerprint density at radius 3 is 2.06 bits per heavy atom. The third kappa shape index (κ3) is 5.04. The average molecular weight is 497 g/mol. The van der Waals surface area contributed by atoms with Crippen molar-refractivity contribution in [2.45, 2.75) is 33.7 Å². The molecule has 1 amide bonds. The minimum Gasteiger partial charge on any atom is -0.507 e. The molecule has 0 bridgehead atoms. The van der Waals surface area contributed by atoms with Gasteiger partial charge in [0, 0.05) is 18.7 Å². The summed E-state index contributed by atoms with van der Waals surface area (Å²) in [5.41, 5.74) is 3.13. The highest BCUT2D eigenvalue weighted by atomic mass is 16.5. The number of nitrogens with zero attached hydrogens (tertiary/aromatic N) is 2. The van der Waals surface area contributed by atoms with Crippen molar-refractivity contribution in [2.75, 3.05) is 47.5 Å². The molecular weight excluding hydrogens is 460 g/mol. The number of Topliss-reactive ketones (excluding diaryl/α,β-unsaturated/α-hetero) is 1. The van der Waals surface area contributed by atoms with E-state index in [2.05, 4.69) is 4.90 Å². The van der Waals surface area contributed by atoms with E-state index in [1.807, 2.05) is 39.8 Å². The van der Waals surface area contributed by atoms with E-state index in [1.54, 1.807) is 18.2 Å². The lowest BCUT2D eigenvalue weighted by molar-refractivity contribution is -0.140. The first-order valence-corrected chi connectivity index (χ1v) is 12.1. The zero-order valence-electron chi connectivity index (χ0n) is 22.2. The zero-order valence-corrected chi connectivity index (χ0v) is 22.2. The summed E-state index contributed by atoms with van der Waals surface area (Å²) in [6.07, 6.45) is 0. The van der Waals surface area contributed by atoms with Gasteiger partial charge in [0.25, 0.3) is 11.7 Å². The molecule has 3 rings (SSSR count). The van der Waals surface area contributed by atoms with Crippen LogP contribution >= 0.6 is 0 Å². The topological polar surface area (TPSA) is 88.5 Å². The van der Waals surface area contributed by atoms with Crippen LogP contribution in [-0.4, -0.2) is 74.1 Å². The number of ether oxygens (including phenoxy) is 3. The van der Waals surface area contributed by atoms with Crippen LogP contribution in [0.4, 0.5) is 0 Å². The zero-order chi connectivity index (χ0) is 26.6. The van der Waals surface area contributed by atoms with E-state index in [-0.39, 0.29) is 11.3 Å². The molecule has 36 heavy (non-hydrogen) atoms. The summed E-state index contributed by atoms with van der Waals surface area (Å²) < 4.78 is 16.5. The third-order valence-electron chi connectivity index (χ3n) is 6.87. The van der Waals surface area contributed by atoms with Crippen molar-refractivity contribution in [1.82, 2.24) is 9.80 Å². The molecule has 1 N–H and O–H groups in total. The Morgan fingerprint density at radius 1 is 0.944 bits per heavy atom. The summed E-state index contributed by atoms with van der Waals surface area (Å²) in [4.78, 5) is 30.4. The molecule has 0 aromatic heterocycles. The third-order valence-corrected chi connectivity index (χ3v) is 6.87. The lowest BCUT2D eigenvalue weighted by Gasteiger charge is -2.29. The first-order valence-electron chi connectivity index (χ1n) is 12.1. The van der Waals surface area contributed by atoms with Crippen molar-refractivity contribution in [1.29, 1.82) is 0 Å². The van der Waals surface area contributed by atoms with E-state index in [1.165, 1.54) is 26.2 Å². The number of likely N-dealkylation sites (tertiary alicyclic amines) is 1. The van der Waals surface area contributed by atoms with Gasteiger partial charge in [0.1, 0.15) is 5.76 Å². The molecule has 8 nitrogen and oxygen atoms in total. The number of aliphatic hydroxyl groups excluding tert-OH is 1. The number of hydrogen-bond acceptors (Lipinski definition) is 7. The quantitative estimate of drug-likeness (QED) is 0.301. The summed E-state index contributed by atoms with van der Waals surface area (Å²) in [6.45, 7) is 10.5. The predicted octanol–water partition coefficient (Wildman–Crippen LogP) is 4.09. The minimum atomic E-state index is -0.823. The van der Waals surface area contributed by atoms with Crippen LogP contribution in [0.1, 0.15) is 42.1 Å². The maximum Gasteiger partial charge on any atom is 0.295 e. The number of amides is 1. The Hall–Kier alpha value is -3.52. The summed E-state index contributed by atoms with van der Waals surface area (Å²) in [7, 11) is 4.52. The van der Waals surface area contributed by atoms with Crippen LogP contribution < -0.4 is 14.2 Å². The normalized spacial score (nSPS) is 17.1. The molecule has 1 aliphatic rings. The molecule has 1 fully saturated rings. The van der Waals surface area contributed by atoms with E-state index < -0.39 is 17.7 Å². The van der Waals surface area contributed by atoms with Crippen molar-refractivity contribution >= 4 is 17.4 Å². The highest BCUT2D eigenvalue weighted by Crippen LogP contribution is 2.45. The van der Waals surface area contributed by atoms with Gasteiger partial charge in [0.05, 0.1) is 32.9 Å². The first kappa shape index (κ1) is 27.1. The van der Waals surface area contributed by atoms with Crippen LogP contribution in [0.15, 0.2) is 35.9 Å². The second kappa shape index (κ2) is 11.5. The molecule has 0 spiro atoms. The van der Waals surface area contributed by atoms with Gasteiger partial charge < -0.3 is 29.1 Å². The molecule has 0 saturated carbocycles. The number of aliphatic hydroxyl groups is 1. The number of likely N-dealkylation sites (N-methyl/N-ethyl adjacent to an activating group) is 1. The van der Waals surface area contributed by atoms with Crippen LogP contribution in [0.3, 0.4) is 0 Å². The molecule has 1 atom stereocenters. The Morgan fingerprint density at radius 2 is 1.56 bits per heavy atom. The molecular formula is C28H36N2O6. The lowest BCUT2D eigenvalue weighted by Crippen LogP contribution is -2.38. The number of carbonyl (C=O) groups excluding carboxylic acids is 2. The molecule has 0 aliphatic carbocycles. The smallest absolute Gasteiger partial charge is 0.295 e. The van der Waals surface area contributed by atoms with E-state index >= 15 is 0 Å². The van der Waals surface area contributed by atoms with Gasteiger partial charge in [-0.05, 0) is 61.8 Å². The molecule has 1 aliphatic heterocycles. The van der Waals surface area contributed by atoms with Gasteiger partial charge in [0.2, 0.25) is 5.75 Å². The maximum atomic E-state index is 13.4. The molecule has 1 heterocycles. The highest BCUT2D eigenvalue weighted by molar-refractivity contribution is 6.46. The van der Waals surface area contributed by atoms with Gasteiger partial charge in [-0.1, -0.05) is 26.0 Å². The van der Waals surface area contributed by atoms with Crippen molar-refractivity contribution < 1.29 is 28.9 Å². The van der Waals surface area contributed by atoms with Crippen LogP contribution in [-0.2, 0) is 9.59 Å². The Labute approximate surface area is 213 Å². The van der Waals surface area contributed by atoms with Crippen molar-refractivity contribution in [2.24, 2.45) is 0 Å². The summed E-state index contributed by atoms with van der Waals surface area (Å²) in [6, 6.07) is 8.07. The predicted molar refractivity (Wildman–Crippen MR) is 139 cm³/mol. The number of carbonyl (C=O) groups is 2. The van der Waals surface area contributed by atoms with Gasteiger partial charge in [-0.3, -0.25) is 9.59 Å². The van der Waals surface area contributed by atoms with Crippen LogP contribution in [0.2, 0.25) is 0 Å². The van der Waals surface area contributed by atoms with Gasteiger partial charge in [0.15, 0.2) is 11.5 Å². The standard InChI is InChI=1S/C28H36N2O6/c1-8-29(9-2)12-13-30-24(20-15-21(34-5)27(36-7)22(16-20)35-6)23(26(32)28(30)33)25(31)19-11-10-17(3)18(4)14-19/h10-11,14-16,24,31H,8-9,12-13H2,1-7H3/b25-23+. The SMILES string of the molecule is CCN(CC)CCN1C(=O)C(=O)/C(=C(/O)c2ccc(C)c(C)c2)C1c1cc(OC)c(OC)c(OC)c1. The Balaban J connectivity index is 2.24. The average Bonchev–Trinajstić information content (AvgIpc) is 3.14. The number of ketones is 1. The second-order valence-electron chi connectivity index (χ2n) is 8.78. The van der Waals surface area contributed by atoms with E-state index in [9.17, 15) is 14.7 Å². The van der Waals surface area contributed by atoms with E-state index in [0.29, 0.717) is 41.5 Å². The molecule has 1 saturated heterocycles. The second-order valence-corrected chi connectivity index (χ2v) is 8.78. The molecule has 2 aromatic carbocycles. The van der Waals surface area contributed by atoms with Gasteiger partial charge in [-0.25, -0.2) is 0 Å². The Kier molecular flexibility index (Phi) is 8.63. The number of aryl methyl sites for hydroxylation is 2. The van der Waals surface area contributed by atoms with E-state index in [4.69, 9.17) is 14.2 Å². The Bertz CT molecular complexity index is 1140. The maximum absolute atomic E-state index is 13.4. The van der Waals surface area contributed by atoms with Crippen LogP contribution in [0.5, 0.6) is 17.2 Å². The number of rotatable bonds is 10. The fourth-order valence-corrected chi connectivity index (χ4v) is 4.55. The fourth-order valence-electron chi connectivity index (χ4n) is 4.55. The van der Waals surface area contributed by atoms with Crippen molar-refractivity contribution in [3.63, 3.8) is 0 Å². The van der Waals surface area contributed by atoms with Crippen molar-refractivity contribution in [3.8, 4) is 17.2 Å². The van der Waals surface area contributed by atoms with Gasteiger partial charge >= 0.3 is 0 Å². The van der Waals surface area contributed by atoms with Crippen LogP contribution in [0.25, 0.3) is 5.76 Å². The monoisotopic (exact) mass is 496 g/mol. The highest BCUT2D eigenvalue weighted by Gasteiger charge is 2.46. The molecule has 8 heteroatoms. The number of methoxy groups -OCH3 is 3.